The third-order valence-electron chi connectivity index (χ3n) is 4.95. The van der Waals surface area contributed by atoms with Crippen LogP contribution in [0.25, 0.3) is 0 Å². The molecule has 2 aliphatic rings. The summed E-state index contributed by atoms with van der Waals surface area (Å²) in [6.07, 6.45) is 1.79. The van der Waals surface area contributed by atoms with Gasteiger partial charge in [-0.2, -0.15) is 4.31 Å². The number of halogens is 1. The monoisotopic (exact) mass is 402 g/mol. The molecule has 0 radical (unpaired) electrons. The molecule has 3 rings (SSSR count). The number of aliphatic carboxylic acids is 1. The van der Waals surface area contributed by atoms with E-state index in [9.17, 15) is 17.6 Å². The molecule has 1 atom stereocenters. The van der Waals surface area contributed by atoms with Crippen LogP contribution in [0.4, 0.5) is 4.39 Å². The van der Waals surface area contributed by atoms with Crippen LogP contribution in [0.15, 0.2) is 29.2 Å². The van der Waals surface area contributed by atoms with Crippen molar-refractivity contribution in [2.75, 3.05) is 24.6 Å². The Morgan fingerprint density at radius 2 is 2.08 bits per heavy atom. The van der Waals surface area contributed by atoms with Crippen molar-refractivity contribution in [2.24, 2.45) is 5.41 Å². The van der Waals surface area contributed by atoms with Gasteiger partial charge < -0.3 is 10.4 Å². The van der Waals surface area contributed by atoms with E-state index in [1.54, 1.807) is 0 Å². The number of thioether (sulfide) groups is 1. The second kappa shape index (κ2) is 7.46. The summed E-state index contributed by atoms with van der Waals surface area (Å²) in [4.78, 5) is 10.3. The Balaban J connectivity index is 1.45. The minimum atomic E-state index is -3.76. The fourth-order valence-electron chi connectivity index (χ4n) is 3.80. The van der Waals surface area contributed by atoms with Crippen LogP contribution < -0.4 is 5.32 Å². The van der Waals surface area contributed by atoms with Gasteiger partial charge in [-0.05, 0) is 31.9 Å². The van der Waals surface area contributed by atoms with Gasteiger partial charge in [0.05, 0.1) is 5.75 Å². The van der Waals surface area contributed by atoms with Gasteiger partial charge in [0.15, 0.2) is 0 Å². The van der Waals surface area contributed by atoms with Gasteiger partial charge in [0, 0.05) is 36.3 Å². The van der Waals surface area contributed by atoms with E-state index in [1.165, 1.54) is 34.3 Å². The molecule has 9 heteroatoms. The highest BCUT2D eigenvalue weighted by atomic mass is 32.2. The Labute approximate surface area is 157 Å². The predicted molar refractivity (Wildman–Crippen MR) is 98.2 cm³/mol. The van der Waals surface area contributed by atoms with Gasteiger partial charge in [-0.1, -0.05) is 12.1 Å². The molecule has 1 aliphatic heterocycles. The van der Waals surface area contributed by atoms with Gasteiger partial charge in [-0.25, -0.2) is 12.8 Å². The minimum Gasteiger partial charge on any atom is -0.481 e. The summed E-state index contributed by atoms with van der Waals surface area (Å²) >= 11 is 1.38. The largest absolute Gasteiger partial charge is 0.481 e. The smallest absolute Gasteiger partial charge is 0.313 e. The standard InChI is InChI=1S/C17H23FN2O4S2/c1-12(8-25-9-16(21)22)19-13-6-17(7-13)10-20(11-17)26(23,24)15-5-3-2-4-14(15)18/h2-5,12-13,19H,6-11H2,1H3,(H,21,22). The number of nitrogens with one attached hydrogen (secondary N) is 1. The van der Waals surface area contributed by atoms with Crippen molar-refractivity contribution < 1.29 is 22.7 Å². The van der Waals surface area contributed by atoms with Crippen LogP contribution in [0.2, 0.25) is 0 Å². The maximum Gasteiger partial charge on any atom is 0.313 e. The molecule has 1 spiro atoms. The molecule has 1 aliphatic carbocycles. The first-order valence-corrected chi connectivity index (χ1v) is 11.1. The second-order valence-electron chi connectivity index (χ2n) is 7.29. The van der Waals surface area contributed by atoms with Crippen LogP contribution in [0.5, 0.6) is 0 Å². The summed E-state index contributed by atoms with van der Waals surface area (Å²) in [5, 5.41) is 12.1. The number of rotatable bonds is 8. The topological polar surface area (TPSA) is 86.7 Å². The second-order valence-corrected chi connectivity index (χ2v) is 10.2. The molecule has 1 saturated heterocycles. The number of hydrogen-bond acceptors (Lipinski definition) is 5. The van der Waals surface area contributed by atoms with E-state index in [2.05, 4.69) is 5.32 Å². The first-order valence-electron chi connectivity index (χ1n) is 8.52. The van der Waals surface area contributed by atoms with Crippen LogP contribution >= 0.6 is 11.8 Å². The van der Waals surface area contributed by atoms with E-state index in [4.69, 9.17) is 5.11 Å². The predicted octanol–water partition coefficient (Wildman–Crippen LogP) is 1.77. The zero-order valence-corrected chi connectivity index (χ0v) is 16.2. The Hall–Kier alpha value is -1.16. The van der Waals surface area contributed by atoms with Crippen molar-refractivity contribution >= 4 is 27.8 Å². The van der Waals surface area contributed by atoms with Gasteiger partial charge >= 0.3 is 5.97 Å². The summed E-state index contributed by atoms with van der Waals surface area (Å²) in [6, 6.07) is 6.00. The molecule has 1 saturated carbocycles. The normalized spacial score (nSPS) is 21.2. The van der Waals surface area contributed by atoms with Crippen molar-refractivity contribution in [2.45, 2.75) is 36.7 Å². The number of carboxylic acids is 1. The van der Waals surface area contributed by atoms with Gasteiger partial charge in [-0.3, -0.25) is 4.79 Å². The highest BCUT2D eigenvalue weighted by Crippen LogP contribution is 2.50. The van der Waals surface area contributed by atoms with Crippen molar-refractivity contribution in [1.29, 1.82) is 0 Å². The van der Waals surface area contributed by atoms with Crippen LogP contribution in [0, 0.1) is 11.2 Å². The van der Waals surface area contributed by atoms with Crippen LogP contribution in [-0.2, 0) is 14.8 Å². The first-order chi connectivity index (χ1) is 12.2. The molecule has 0 bridgehead atoms. The highest BCUT2D eigenvalue weighted by molar-refractivity contribution is 7.99. The Morgan fingerprint density at radius 3 is 2.69 bits per heavy atom. The van der Waals surface area contributed by atoms with Gasteiger partial charge in [0.2, 0.25) is 10.0 Å². The number of benzene rings is 1. The molecule has 0 aromatic heterocycles. The number of nitrogens with zero attached hydrogens (tertiary/aromatic N) is 1. The minimum absolute atomic E-state index is 0.00389. The molecule has 2 N–H and O–H groups in total. The lowest BCUT2D eigenvalue weighted by atomic mass is 9.61. The number of hydrogen-bond donors (Lipinski definition) is 2. The summed E-state index contributed by atoms with van der Waals surface area (Å²) in [5.41, 5.74) is 0.00389. The molecular formula is C17H23FN2O4S2. The average molecular weight is 403 g/mol. The molecule has 1 aromatic rings. The third-order valence-corrected chi connectivity index (χ3v) is 7.96. The lowest BCUT2D eigenvalue weighted by Gasteiger charge is -2.58. The van der Waals surface area contributed by atoms with E-state index in [0.717, 1.165) is 24.7 Å². The van der Waals surface area contributed by atoms with Crippen LogP contribution in [0.3, 0.4) is 0 Å². The summed E-state index contributed by atoms with van der Waals surface area (Å²) in [5.74, 6) is -0.697. The van der Waals surface area contributed by atoms with Crippen molar-refractivity contribution in [3.8, 4) is 0 Å². The number of sulfonamides is 1. The molecule has 6 nitrogen and oxygen atoms in total. The zero-order chi connectivity index (χ0) is 18.9. The Bertz CT molecular complexity index is 773. The Kier molecular flexibility index (Phi) is 5.62. The highest BCUT2D eigenvalue weighted by Gasteiger charge is 2.55. The molecule has 144 valence electrons. The Morgan fingerprint density at radius 1 is 1.42 bits per heavy atom. The average Bonchev–Trinajstić information content (AvgIpc) is 2.47. The summed E-state index contributed by atoms with van der Waals surface area (Å²) in [7, 11) is -3.76. The fourth-order valence-corrected chi connectivity index (χ4v) is 6.27. The number of carboxylic acid groups (broad SMARTS) is 1. The summed E-state index contributed by atoms with van der Waals surface area (Å²) in [6.45, 7) is 2.89. The molecule has 0 amide bonds. The maximum atomic E-state index is 13.8. The molecule has 1 heterocycles. The van der Waals surface area contributed by atoms with Gasteiger partial charge in [0.1, 0.15) is 10.7 Å². The first kappa shape index (κ1) is 19.6. The van der Waals surface area contributed by atoms with E-state index >= 15 is 0 Å². The lowest BCUT2D eigenvalue weighted by molar-refractivity contribution is -0.133. The van der Waals surface area contributed by atoms with Gasteiger partial charge in [0.25, 0.3) is 0 Å². The molecule has 1 unspecified atom stereocenters. The molecule has 1 aromatic carbocycles. The van der Waals surface area contributed by atoms with E-state index in [-0.39, 0.29) is 22.1 Å². The third kappa shape index (κ3) is 4.05. The lowest BCUT2D eigenvalue weighted by Crippen LogP contribution is -2.67. The van der Waals surface area contributed by atoms with E-state index in [1.807, 2.05) is 6.92 Å². The van der Waals surface area contributed by atoms with Crippen LogP contribution in [-0.4, -0.2) is 60.5 Å². The van der Waals surface area contributed by atoms with Crippen molar-refractivity contribution in [3.63, 3.8) is 0 Å². The van der Waals surface area contributed by atoms with Crippen LogP contribution in [0.1, 0.15) is 19.8 Å². The van der Waals surface area contributed by atoms with E-state index in [0.29, 0.717) is 19.1 Å². The maximum absolute atomic E-state index is 13.8. The number of carbonyl (C=O) groups is 1. The molecule has 2 fully saturated rings. The quantitative estimate of drug-likeness (QED) is 0.689. The fraction of sp³-hybridized carbons (Fsp3) is 0.588. The summed E-state index contributed by atoms with van der Waals surface area (Å²) < 4.78 is 40.2. The molecule has 26 heavy (non-hydrogen) atoms. The van der Waals surface area contributed by atoms with Crippen molar-refractivity contribution in [1.82, 2.24) is 9.62 Å². The van der Waals surface area contributed by atoms with Crippen molar-refractivity contribution in [3.05, 3.63) is 30.1 Å². The van der Waals surface area contributed by atoms with E-state index < -0.39 is 21.8 Å². The zero-order valence-electron chi connectivity index (χ0n) is 14.5. The SMILES string of the molecule is CC(CSCC(=O)O)NC1CC2(C1)CN(S(=O)(=O)c1ccccc1F)C2. The molecular weight excluding hydrogens is 379 g/mol. The van der Waals surface area contributed by atoms with Gasteiger partial charge in [-0.15, -0.1) is 11.8 Å².